The molecule has 3 rings (SSSR count). The zero-order valence-electron chi connectivity index (χ0n) is 23.5. The van der Waals surface area contributed by atoms with E-state index in [0.29, 0.717) is 12.3 Å². The lowest BCUT2D eigenvalue weighted by molar-refractivity contribution is -0.146. The third kappa shape index (κ3) is 10.4. The molecule has 0 aliphatic heterocycles. The van der Waals surface area contributed by atoms with Crippen molar-refractivity contribution < 1.29 is 33.4 Å². The molecule has 1 aromatic carbocycles. The molecule has 2 fully saturated rings. The Bertz CT molecular complexity index is 988. The van der Waals surface area contributed by atoms with Crippen molar-refractivity contribution in [2.75, 3.05) is 19.8 Å². The molecule has 1 aromatic rings. The van der Waals surface area contributed by atoms with Crippen LogP contribution in [-0.4, -0.2) is 61.3 Å². The van der Waals surface area contributed by atoms with Gasteiger partial charge in [-0.1, -0.05) is 75.3 Å². The third-order valence-corrected chi connectivity index (χ3v) is 7.60. The van der Waals surface area contributed by atoms with Gasteiger partial charge in [-0.05, 0) is 37.7 Å². The van der Waals surface area contributed by atoms with Crippen molar-refractivity contribution >= 4 is 29.5 Å². The highest BCUT2D eigenvalue weighted by atomic mass is 16.5. The van der Waals surface area contributed by atoms with Crippen molar-refractivity contribution in [3.8, 4) is 0 Å². The SMILES string of the molecule is CCOC(=O)CNC(=O)C(=O)[C@H](COCc1ccccc1)NC(=O)[C@H](CC1CCCCC1)NC(=O)C1CCCC1. The molecule has 2 aliphatic carbocycles. The van der Waals surface area contributed by atoms with Crippen LogP contribution in [0.3, 0.4) is 0 Å². The smallest absolute Gasteiger partial charge is 0.325 e. The molecule has 0 aromatic heterocycles. The van der Waals surface area contributed by atoms with Crippen molar-refractivity contribution in [1.82, 2.24) is 16.0 Å². The minimum atomic E-state index is -1.30. The fourth-order valence-corrected chi connectivity index (χ4v) is 5.40. The largest absolute Gasteiger partial charge is 0.465 e. The van der Waals surface area contributed by atoms with Gasteiger partial charge in [0.05, 0.1) is 19.8 Å². The molecule has 40 heavy (non-hydrogen) atoms. The molecule has 0 spiro atoms. The second-order valence-electron chi connectivity index (χ2n) is 10.7. The molecule has 10 heteroatoms. The summed E-state index contributed by atoms with van der Waals surface area (Å²) in [7, 11) is 0. The van der Waals surface area contributed by atoms with Gasteiger partial charge < -0.3 is 25.4 Å². The standard InChI is InChI=1S/C30H43N3O7/c1-2-40-26(34)18-31-30(38)27(35)25(20-39-19-22-13-7-4-8-14-22)33-29(37)24(17-21-11-5-3-6-12-21)32-28(36)23-15-9-10-16-23/h4,7-8,13-14,21,23-25H,2-3,5-6,9-12,15-20H2,1H3,(H,31,38)(H,32,36)(H,33,37)/t24-,25-/m0/s1. The average Bonchev–Trinajstić information content (AvgIpc) is 3.51. The van der Waals surface area contributed by atoms with Crippen LogP contribution in [0.15, 0.2) is 30.3 Å². The number of carbonyl (C=O) groups is 5. The first-order valence-corrected chi connectivity index (χ1v) is 14.6. The Labute approximate surface area is 236 Å². The van der Waals surface area contributed by atoms with Gasteiger partial charge >= 0.3 is 5.97 Å². The number of Topliss-reactive ketones (excluding diaryl/α,β-unsaturated/α-hetero) is 1. The summed E-state index contributed by atoms with van der Waals surface area (Å²) in [6, 6.07) is 7.19. The van der Waals surface area contributed by atoms with Crippen molar-refractivity contribution in [2.24, 2.45) is 11.8 Å². The molecule has 0 radical (unpaired) electrons. The Balaban J connectivity index is 1.69. The predicted molar refractivity (Wildman–Crippen MR) is 148 cm³/mol. The molecule has 2 saturated carbocycles. The maximum atomic E-state index is 13.5. The van der Waals surface area contributed by atoms with E-state index in [0.717, 1.165) is 63.4 Å². The lowest BCUT2D eigenvalue weighted by Gasteiger charge is -2.28. The summed E-state index contributed by atoms with van der Waals surface area (Å²) in [4.78, 5) is 63.9. The number of hydrogen-bond acceptors (Lipinski definition) is 7. The molecule has 3 amide bonds. The highest BCUT2D eigenvalue weighted by Crippen LogP contribution is 2.28. The van der Waals surface area contributed by atoms with Crippen molar-refractivity contribution in [2.45, 2.75) is 89.8 Å². The molecule has 0 unspecified atom stereocenters. The van der Waals surface area contributed by atoms with Crippen LogP contribution in [0.5, 0.6) is 0 Å². The molecule has 2 atom stereocenters. The summed E-state index contributed by atoms with van der Waals surface area (Å²) < 4.78 is 10.5. The number of esters is 1. The van der Waals surface area contributed by atoms with Crippen LogP contribution in [0, 0.1) is 11.8 Å². The summed E-state index contributed by atoms with van der Waals surface area (Å²) in [6.45, 7) is 1.24. The number of nitrogens with one attached hydrogen (secondary N) is 3. The third-order valence-electron chi connectivity index (χ3n) is 7.60. The summed E-state index contributed by atoms with van der Waals surface area (Å²) in [5, 5.41) is 7.88. The van der Waals surface area contributed by atoms with Crippen molar-refractivity contribution in [1.29, 1.82) is 0 Å². The first kappa shape index (κ1) is 31.3. The summed E-state index contributed by atoms with van der Waals surface area (Å²) in [5.41, 5.74) is 0.866. The van der Waals surface area contributed by atoms with Gasteiger partial charge in [-0.25, -0.2) is 0 Å². The van der Waals surface area contributed by atoms with Gasteiger partial charge in [-0.3, -0.25) is 24.0 Å². The number of ketones is 1. The Hall–Kier alpha value is -3.27. The van der Waals surface area contributed by atoms with E-state index < -0.39 is 42.2 Å². The van der Waals surface area contributed by atoms with E-state index in [-0.39, 0.29) is 31.6 Å². The van der Waals surface area contributed by atoms with Crippen LogP contribution in [-0.2, 0) is 40.1 Å². The molecule has 0 heterocycles. The molecule has 0 saturated heterocycles. The quantitative estimate of drug-likeness (QED) is 0.222. The number of ether oxygens (including phenoxy) is 2. The molecule has 220 valence electrons. The van der Waals surface area contributed by atoms with E-state index in [1.54, 1.807) is 6.92 Å². The van der Waals surface area contributed by atoms with E-state index in [9.17, 15) is 24.0 Å². The Kier molecular flexibility index (Phi) is 13.1. The lowest BCUT2D eigenvalue weighted by atomic mass is 9.84. The van der Waals surface area contributed by atoms with Crippen molar-refractivity contribution in [3.05, 3.63) is 35.9 Å². The molecule has 0 bridgehead atoms. The number of benzene rings is 1. The summed E-state index contributed by atoms with van der Waals surface area (Å²) in [5.74, 6) is -3.11. The molecular weight excluding hydrogens is 514 g/mol. The van der Waals surface area contributed by atoms with E-state index in [4.69, 9.17) is 9.47 Å². The van der Waals surface area contributed by atoms with Crippen LogP contribution >= 0.6 is 0 Å². The van der Waals surface area contributed by atoms with Gasteiger partial charge in [0.1, 0.15) is 18.6 Å². The molecule has 3 N–H and O–H groups in total. The molecular formula is C30H43N3O7. The first-order chi connectivity index (χ1) is 19.4. The van der Waals surface area contributed by atoms with Crippen LogP contribution in [0.25, 0.3) is 0 Å². The van der Waals surface area contributed by atoms with E-state index in [1.165, 1.54) is 0 Å². The highest BCUT2D eigenvalue weighted by molar-refractivity contribution is 6.38. The fraction of sp³-hybridized carbons (Fsp3) is 0.633. The van der Waals surface area contributed by atoms with Gasteiger partial charge in [0.25, 0.3) is 5.91 Å². The molecule has 10 nitrogen and oxygen atoms in total. The normalized spacial score (nSPS) is 17.4. The van der Waals surface area contributed by atoms with Gasteiger partial charge in [0.15, 0.2) is 0 Å². The highest BCUT2D eigenvalue weighted by Gasteiger charge is 2.34. The monoisotopic (exact) mass is 557 g/mol. The fourth-order valence-electron chi connectivity index (χ4n) is 5.40. The number of amides is 3. The topological polar surface area (TPSA) is 140 Å². The zero-order chi connectivity index (χ0) is 28.7. The minimum Gasteiger partial charge on any atom is -0.465 e. The van der Waals surface area contributed by atoms with E-state index in [2.05, 4.69) is 16.0 Å². The predicted octanol–water partition coefficient (Wildman–Crippen LogP) is 2.58. The van der Waals surface area contributed by atoms with E-state index >= 15 is 0 Å². The Morgan fingerprint density at radius 1 is 0.875 bits per heavy atom. The Morgan fingerprint density at radius 3 is 2.23 bits per heavy atom. The number of carbonyl (C=O) groups excluding carboxylic acids is 5. The summed E-state index contributed by atoms with van der Waals surface area (Å²) >= 11 is 0. The zero-order valence-corrected chi connectivity index (χ0v) is 23.5. The second-order valence-corrected chi connectivity index (χ2v) is 10.7. The van der Waals surface area contributed by atoms with Gasteiger partial charge in [0.2, 0.25) is 17.6 Å². The van der Waals surface area contributed by atoms with Crippen LogP contribution in [0.1, 0.15) is 76.7 Å². The first-order valence-electron chi connectivity index (χ1n) is 14.6. The van der Waals surface area contributed by atoms with Crippen LogP contribution in [0.4, 0.5) is 0 Å². The van der Waals surface area contributed by atoms with Gasteiger partial charge in [-0.15, -0.1) is 0 Å². The second kappa shape index (κ2) is 16.7. The van der Waals surface area contributed by atoms with E-state index in [1.807, 2.05) is 30.3 Å². The van der Waals surface area contributed by atoms with Gasteiger partial charge in [0, 0.05) is 5.92 Å². The minimum absolute atomic E-state index is 0.109. The molecule has 2 aliphatic rings. The summed E-state index contributed by atoms with van der Waals surface area (Å²) in [6.07, 6.45) is 9.39. The van der Waals surface area contributed by atoms with Crippen LogP contribution in [0.2, 0.25) is 0 Å². The maximum Gasteiger partial charge on any atom is 0.325 e. The van der Waals surface area contributed by atoms with Crippen molar-refractivity contribution in [3.63, 3.8) is 0 Å². The van der Waals surface area contributed by atoms with Crippen LogP contribution < -0.4 is 16.0 Å². The average molecular weight is 558 g/mol. The lowest BCUT2D eigenvalue weighted by Crippen LogP contribution is -2.56. The van der Waals surface area contributed by atoms with Gasteiger partial charge in [-0.2, -0.15) is 0 Å². The Morgan fingerprint density at radius 2 is 1.55 bits per heavy atom. The number of hydrogen-bond donors (Lipinski definition) is 3. The number of rotatable bonds is 15. The maximum absolute atomic E-state index is 13.5.